The van der Waals surface area contributed by atoms with Crippen LogP contribution >= 0.6 is 0 Å². The molecule has 1 N–H and O–H groups in total. The summed E-state index contributed by atoms with van der Waals surface area (Å²) in [6.07, 6.45) is -2.17. The van der Waals surface area contributed by atoms with Gasteiger partial charge in [-0.15, -0.1) is 0 Å². The van der Waals surface area contributed by atoms with Gasteiger partial charge in [0.05, 0.1) is 5.75 Å². The van der Waals surface area contributed by atoms with Gasteiger partial charge in [0.2, 0.25) is 15.9 Å². The molecule has 1 heterocycles. The first-order valence-corrected chi connectivity index (χ1v) is 8.17. The molecule has 0 radical (unpaired) electrons. The highest BCUT2D eigenvalue weighted by molar-refractivity contribution is 7.89. The van der Waals surface area contributed by atoms with E-state index >= 15 is 0 Å². The van der Waals surface area contributed by atoms with Gasteiger partial charge in [-0.25, -0.2) is 13.1 Å². The summed E-state index contributed by atoms with van der Waals surface area (Å²) in [4.78, 5) is 12.6. The molecule has 0 bridgehead atoms. The van der Waals surface area contributed by atoms with Gasteiger partial charge in [-0.2, -0.15) is 13.2 Å². The molecule has 20 heavy (non-hydrogen) atoms. The summed E-state index contributed by atoms with van der Waals surface area (Å²) >= 11 is 0. The molecule has 0 aromatic heterocycles. The number of nitrogens with one attached hydrogen (secondary N) is 1. The van der Waals surface area contributed by atoms with Crippen LogP contribution in [0.3, 0.4) is 0 Å². The molecule has 5 nitrogen and oxygen atoms in total. The Morgan fingerprint density at radius 3 is 2.45 bits per heavy atom. The third-order valence-corrected chi connectivity index (χ3v) is 4.93. The highest BCUT2D eigenvalue weighted by atomic mass is 32.2. The van der Waals surface area contributed by atoms with Gasteiger partial charge < -0.3 is 4.90 Å². The van der Waals surface area contributed by atoms with Gasteiger partial charge in [0.1, 0.15) is 12.6 Å². The lowest BCUT2D eigenvalue weighted by Crippen LogP contribution is -2.54. The van der Waals surface area contributed by atoms with E-state index in [1.807, 2.05) is 0 Å². The van der Waals surface area contributed by atoms with Crippen molar-refractivity contribution in [3.63, 3.8) is 0 Å². The molecule has 1 aliphatic heterocycles. The SMILES string of the molecule is O=C1C(NS(=O)(=O)CC2CC2)CCCN1CC(F)(F)F. The molecule has 2 fully saturated rings. The van der Waals surface area contributed by atoms with E-state index < -0.39 is 34.7 Å². The number of nitrogens with zero attached hydrogens (tertiary/aromatic N) is 1. The van der Waals surface area contributed by atoms with Crippen LogP contribution in [0.25, 0.3) is 0 Å². The van der Waals surface area contributed by atoms with Crippen LogP contribution in [0.1, 0.15) is 25.7 Å². The van der Waals surface area contributed by atoms with E-state index in [-0.39, 0.29) is 24.6 Å². The standard InChI is InChI=1S/C11H17F3N2O3S/c12-11(13,14)7-16-5-1-2-9(10(16)17)15-20(18,19)6-8-3-4-8/h8-9,15H,1-7H2. The molecule has 1 aliphatic carbocycles. The molecule has 1 saturated carbocycles. The van der Waals surface area contributed by atoms with E-state index in [1.165, 1.54) is 0 Å². The zero-order valence-electron chi connectivity index (χ0n) is 10.8. The van der Waals surface area contributed by atoms with Crippen molar-refractivity contribution in [2.24, 2.45) is 5.92 Å². The van der Waals surface area contributed by atoms with Crippen molar-refractivity contribution in [1.29, 1.82) is 0 Å². The fraction of sp³-hybridized carbons (Fsp3) is 0.909. The lowest BCUT2D eigenvalue weighted by molar-refractivity contribution is -0.164. The number of piperidine rings is 1. The Labute approximate surface area is 115 Å². The topological polar surface area (TPSA) is 66.5 Å². The van der Waals surface area contributed by atoms with E-state index in [2.05, 4.69) is 4.72 Å². The average Bonchev–Trinajstić information content (AvgIpc) is 3.05. The number of hydrogen-bond donors (Lipinski definition) is 1. The molecule has 1 amide bonds. The van der Waals surface area contributed by atoms with Gasteiger partial charge >= 0.3 is 6.18 Å². The lowest BCUT2D eigenvalue weighted by Gasteiger charge is -2.32. The van der Waals surface area contributed by atoms with Crippen LogP contribution in [-0.2, 0) is 14.8 Å². The lowest BCUT2D eigenvalue weighted by atomic mass is 10.1. The van der Waals surface area contributed by atoms with E-state index in [1.54, 1.807) is 0 Å². The van der Waals surface area contributed by atoms with E-state index in [0.29, 0.717) is 11.3 Å². The van der Waals surface area contributed by atoms with Crippen LogP contribution in [0.15, 0.2) is 0 Å². The number of alkyl halides is 3. The number of halogens is 3. The zero-order valence-corrected chi connectivity index (χ0v) is 11.6. The molecule has 116 valence electrons. The molecular weight excluding hydrogens is 297 g/mol. The van der Waals surface area contributed by atoms with Crippen LogP contribution < -0.4 is 4.72 Å². The summed E-state index contributed by atoms with van der Waals surface area (Å²) in [5, 5.41) is 0. The highest BCUT2D eigenvalue weighted by Crippen LogP contribution is 2.30. The molecule has 0 aromatic rings. The first kappa shape index (κ1) is 15.6. The average molecular weight is 314 g/mol. The van der Waals surface area contributed by atoms with E-state index in [9.17, 15) is 26.4 Å². The summed E-state index contributed by atoms with van der Waals surface area (Å²) in [6, 6.07) is -1.06. The Hall–Kier alpha value is -0.830. The fourth-order valence-corrected chi connectivity index (χ4v) is 3.99. The molecule has 2 rings (SSSR count). The number of rotatable bonds is 5. The Morgan fingerprint density at radius 2 is 1.90 bits per heavy atom. The maximum Gasteiger partial charge on any atom is 0.406 e. The number of amides is 1. The van der Waals surface area contributed by atoms with Crippen molar-refractivity contribution < 1.29 is 26.4 Å². The van der Waals surface area contributed by atoms with Gasteiger partial charge in [-0.1, -0.05) is 0 Å². The van der Waals surface area contributed by atoms with Crippen LogP contribution in [-0.4, -0.2) is 50.3 Å². The summed E-state index contributed by atoms with van der Waals surface area (Å²) in [7, 11) is -3.60. The largest absolute Gasteiger partial charge is 0.406 e. The molecule has 1 unspecified atom stereocenters. The third kappa shape index (κ3) is 4.62. The summed E-state index contributed by atoms with van der Waals surface area (Å²) in [5.74, 6) is -0.707. The number of carbonyl (C=O) groups is 1. The second kappa shape index (κ2) is 5.51. The monoisotopic (exact) mass is 314 g/mol. The van der Waals surface area contributed by atoms with Gasteiger partial charge in [-0.3, -0.25) is 4.79 Å². The van der Waals surface area contributed by atoms with Crippen molar-refractivity contribution >= 4 is 15.9 Å². The minimum Gasteiger partial charge on any atom is -0.332 e. The van der Waals surface area contributed by atoms with Gasteiger partial charge in [0, 0.05) is 6.54 Å². The van der Waals surface area contributed by atoms with Crippen molar-refractivity contribution in [3.8, 4) is 0 Å². The van der Waals surface area contributed by atoms with Crippen LogP contribution in [0.2, 0.25) is 0 Å². The first-order valence-electron chi connectivity index (χ1n) is 6.52. The molecule has 1 saturated heterocycles. The van der Waals surface area contributed by atoms with E-state index in [0.717, 1.165) is 12.8 Å². The second-order valence-corrected chi connectivity index (χ2v) is 7.21. The number of sulfonamides is 1. The molecule has 0 spiro atoms. The first-order chi connectivity index (χ1) is 9.16. The van der Waals surface area contributed by atoms with Gasteiger partial charge in [0.15, 0.2) is 0 Å². The minimum atomic E-state index is -4.47. The Balaban J connectivity index is 1.95. The van der Waals surface area contributed by atoms with Crippen LogP contribution in [0, 0.1) is 5.92 Å². The summed E-state index contributed by atoms with van der Waals surface area (Å²) in [6.45, 7) is -1.31. The summed E-state index contributed by atoms with van der Waals surface area (Å²) < 4.78 is 62.8. The fourth-order valence-electron chi connectivity index (χ4n) is 2.28. The molecule has 9 heteroatoms. The maximum atomic E-state index is 12.3. The van der Waals surface area contributed by atoms with Crippen LogP contribution in [0.5, 0.6) is 0 Å². The number of likely N-dealkylation sites (tertiary alicyclic amines) is 1. The van der Waals surface area contributed by atoms with Crippen molar-refractivity contribution in [2.45, 2.75) is 37.9 Å². The van der Waals surface area contributed by atoms with Gasteiger partial charge in [0.25, 0.3) is 0 Å². The van der Waals surface area contributed by atoms with Crippen molar-refractivity contribution in [2.75, 3.05) is 18.8 Å². The predicted molar refractivity (Wildman–Crippen MR) is 65.3 cm³/mol. The van der Waals surface area contributed by atoms with Gasteiger partial charge in [-0.05, 0) is 31.6 Å². The predicted octanol–water partition coefficient (Wildman–Crippen LogP) is 0.869. The maximum absolute atomic E-state index is 12.3. The summed E-state index contributed by atoms with van der Waals surface area (Å²) in [5.41, 5.74) is 0. The Kier molecular flexibility index (Phi) is 4.29. The molecule has 2 aliphatic rings. The normalized spacial score (nSPS) is 25.1. The van der Waals surface area contributed by atoms with Crippen molar-refractivity contribution in [3.05, 3.63) is 0 Å². The minimum absolute atomic E-state index is 0.0131. The Bertz CT molecular complexity index is 474. The van der Waals surface area contributed by atoms with Crippen molar-refractivity contribution in [1.82, 2.24) is 9.62 Å². The van der Waals surface area contributed by atoms with E-state index in [4.69, 9.17) is 0 Å². The Morgan fingerprint density at radius 1 is 1.25 bits per heavy atom. The quantitative estimate of drug-likeness (QED) is 0.819. The molecular formula is C11H17F3N2O3S. The second-order valence-electron chi connectivity index (χ2n) is 5.41. The highest BCUT2D eigenvalue weighted by Gasteiger charge is 2.39. The van der Waals surface area contributed by atoms with Crippen LogP contribution in [0.4, 0.5) is 13.2 Å². The number of carbonyl (C=O) groups excluding carboxylic acids is 1. The number of hydrogen-bond acceptors (Lipinski definition) is 3. The smallest absolute Gasteiger partial charge is 0.332 e. The zero-order chi connectivity index (χ0) is 15.0. The third-order valence-electron chi connectivity index (χ3n) is 3.37. The molecule has 0 aromatic carbocycles. The molecule has 1 atom stereocenters.